The SMILES string of the molecule is CCCCC/C=C\C/C=C\C/C=C\CCCCCCCCC(=O)OC(COC(=O)CCCCCCCC)COC(=O)CCCCCCCCCCCCCCCCC/C=C\CCCCCCCCCC. The van der Waals surface area contributed by atoms with E-state index in [-0.39, 0.29) is 31.1 Å². The Labute approximate surface area is 435 Å². The molecule has 0 aromatic rings. The second-order valence-electron chi connectivity index (χ2n) is 20.6. The highest BCUT2D eigenvalue weighted by molar-refractivity contribution is 5.71. The maximum absolute atomic E-state index is 12.8. The second-order valence-corrected chi connectivity index (χ2v) is 20.6. The van der Waals surface area contributed by atoms with Crippen molar-refractivity contribution in [3.63, 3.8) is 0 Å². The Morgan fingerprint density at radius 3 is 0.843 bits per heavy atom. The van der Waals surface area contributed by atoms with Crippen molar-refractivity contribution in [2.45, 2.75) is 329 Å². The molecule has 0 aromatic carbocycles. The summed E-state index contributed by atoms with van der Waals surface area (Å²) >= 11 is 0. The van der Waals surface area contributed by atoms with E-state index in [1.807, 2.05) is 0 Å². The van der Waals surface area contributed by atoms with Crippen LogP contribution in [-0.4, -0.2) is 37.2 Å². The lowest BCUT2D eigenvalue weighted by Crippen LogP contribution is -2.30. The van der Waals surface area contributed by atoms with Crippen LogP contribution in [0.25, 0.3) is 0 Å². The molecule has 0 fully saturated rings. The van der Waals surface area contributed by atoms with Crippen LogP contribution in [-0.2, 0) is 28.6 Å². The normalized spacial score (nSPS) is 12.3. The molecule has 0 saturated carbocycles. The van der Waals surface area contributed by atoms with Gasteiger partial charge in [-0.15, -0.1) is 0 Å². The minimum Gasteiger partial charge on any atom is -0.462 e. The van der Waals surface area contributed by atoms with E-state index < -0.39 is 6.10 Å². The van der Waals surface area contributed by atoms with Crippen LogP contribution in [0.2, 0.25) is 0 Å². The van der Waals surface area contributed by atoms with Crippen LogP contribution in [0, 0.1) is 0 Å². The van der Waals surface area contributed by atoms with E-state index in [4.69, 9.17) is 14.2 Å². The van der Waals surface area contributed by atoms with Crippen LogP contribution >= 0.6 is 0 Å². The number of unbranched alkanes of at least 4 members (excludes halogenated alkanes) is 37. The maximum atomic E-state index is 12.8. The number of hydrogen-bond donors (Lipinski definition) is 0. The van der Waals surface area contributed by atoms with Crippen LogP contribution in [0.15, 0.2) is 48.6 Å². The summed E-state index contributed by atoms with van der Waals surface area (Å²) < 4.78 is 16.8. The molecule has 408 valence electrons. The van der Waals surface area contributed by atoms with Crippen LogP contribution in [0.1, 0.15) is 323 Å². The van der Waals surface area contributed by atoms with Gasteiger partial charge in [-0.2, -0.15) is 0 Å². The maximum Gasteiger partial charge on any atom is 0.306 e. The first-order valence-electron chi connectivity index (χ1n) is 30.6. The third kappa shape index (κ3) is 56.3. The molecule has 0 N–H and O–H groups in total. The summed E-state index contributed by atoms with van der Waals surface area (Å²) in [4.78, 5) is 37.9. The zero-order valence-corrected chi connectivity index (χ0v) is 46.8. The molecule has 0 aliphatic carbocycles. The molecule has 70 heavy (non-hydrogen) atoms. The highest BCUT2D eigenvalue weighted by atomic mass is 16.6. The fourth-order valence-corrected chi connectivity index (χ4v) is 8.92. The van der Waals surface area contributed by atoms with E-state index in [1.54, 1.807) is 0 Å². The second kappa shape index (κ2) is 58.9. The predicted octanol–water partition coefficient (Wildman–Crippen LogP) is 20.6. The third-order valence-corrected chi connectivity index (χ3v) is 13.6. The van der Waals surface area contributed by atoms with Gasteiger partial charge in [-0.3, -0.25) is 14.4 Å². The molecule has 0 bridgehead atoms. The molecule has 0 spiro atoms. The van der Waals surface area contributed by atoms with E-state index in [1.165, 1.54) is 205 Å². The zero-order valence-electron chi connectivity index (χ0n) is 46.8. The van der Waals surface area contributed by atoms with Crippen LogP contribution < -0.4 is 0 Å². The third-order valence-electron chi connectivity index (χ3n) is 13.6. The number of allylic oxidation sites excluding steroid dienone is 8. The lowest BCUT2D eigenvalue weighted by atomic mass is 10.0. The van der Waals surface area contributed by atoms with E-state index >= 15 is 0 Å². The Bertz CT molecular complexity index is 1220. The lowest BCUT2D eigenvalue weighted by Gasteiger charge is -2.18. The van der Waals surface area contributed by atoms with Gasteiger partial charge < -0.3 is 14.2 Å². The van der Waals surface area contributed by atoms with Gasteiger partial charge in [0, 0.05) is 19.3 Å². The minimum absolute atomic E-state index is 0.0759. The molecule has 0 rings (SSSR count). The topological polar surface area (TPSA) is 78.9 Å². The van der Waals surface area contributed by atoms with Gasteiger partial charge in [-0.25, -0.2) is 0 Å². The molecule has 0 saturated heterocycles. The van der Waals surface area contributed by atoms with E-state index in [0.29, 0.717) is 19.3 Å². The molecule has 0 aliphatic heterocycles. The number of hydrogen-bond acceptors (Lipinski definition) is 6. The van der Waals surface area contributed by atoms with Gasteiger partial charge in [0.2, 0.25) is 0 Å². The highest BCUT2D eigenvalue weighted by Gasteiger charge is 2.19. The van der Waals surface area contributed by atoms with Crippen molar-refractivity contribution in [3.05, 3.63) is 48.6 Å². The first-order chi connectivity index (χ1) is 34.5. The van der Waals surface area contributed by atoms with Crippen LogP contribution in [0.3, 0.4) is 0 Å². The van der Waals surface area contributed by atoms with Crippen molar-refractivity contribution in [2.75, 3.05) is 13.2 Å². The van der Waals surface area contributed by atoms with E-state index in [0.717, 1.165) is 77.0 Å². The summed E-state index contributed by atoms with van der Waals surface area (Å²) in [6.07, 6.45) is 72.9. The monoisotopic (exact) mass is 981 g/mol. The molecular formula is C64H116O6. The smallest absolute Gasteiger partial charge is 0.306 e. The van der Waals surface area contributed by atoms with Gasteiger partial charge >= 0.3 is 17.9 Å². The molecule has 1 atom stereocenters. The zero-order chi connectivity index (χ0) is 50.7. The predicted molar refractivity (Wildman–Crippen MR) is 302 cm³/mol. The molecule has 0 radical (unpaired) electrons. The number of rotatable bonds is 56. The molecular weight excluding hydrogens is 865 g/mol. The fourth-order valence-electron chi connectivity index (χ4n) is 8.92. The molecule has 6 nitrogen and oxygen atoms in total. The van der Waals surface area contributed by atoms with Gasteiger partial charge in [0.15, 0.2) is 6.10 Å². The Morgan fingerprint density at radius 1 is 0.286 bits per heavy atom. The average molecular weight is 982 g/mol. The van der Waals surface area contributed by atoms with E-state index in [2.05, 4.69) is 69.4 Å². The number of ether oxygens (including phenoxy) is 3. The summed E-state index contributed by atoms with van der Waals surface area (Å²) in [5.74, 6) is -0.885. The molecule has 0 aromatic heterocycles. The first-order valence-corrected chi connectivity index (χ1v) is 30.6. The first kappa shape index (κ1) is 67.4. The summed E-state index contributed by atoms with van der Waals surface area (Å²) in [6.45, 7) is 6.58. The van der Waals surface area contributed by atoms with E-state index in [9.17, 15) is 14.4 Å². The average Bonchev–Trinajstić information content (AvgIpc) is 3.36. The number of esters is 3. The molecule has 0 aliphatic rings. The van der Waals surface area contributed by atoms with Gasteiger partial charge in [0.05, 0.1) is 0 Å². The molecule has 0 heterocycles. The van der Waals surface area contributed by atoms with Gasteiger partial charge in [-0.1, -0.05) is 268 Å². The number of carbonyl (C=O) groups is 3. The van der Waals surface area contributed by atoms with Crippen molar-refractivity contribution in [1.29, 1.82) is 0 Å². The Morgan fingerprint density at radius 2 is 0.514 bits per heavy atom. The highest BCUT2D eigenvalue weighted by Crippen LogP contribution is 2.17. The van der Waals surface area contributed by atoms with Crippen molar-refractivity contribution >= 4 is 17.9 Å². The molecule has 1 unspecified atom stereocenters. The van der Waals surface area contributed by atoms with Crippen molar-refractivity contribution in [1.82, 2.24) is 0 Å². The Balaban J connectivity index is 4.07. The standard InChI is InChI=1S/C64H116O6/c1-4-7-10-13-16-18-20-22-24-26-28-29-30-31-32-33-34-35-37-38-40-42-44-46-48-51-54-57-63(66)69-60-61(59-68-62(65)56-53-50-15-12-9-6-3)70-64(67)58-55-52-49-47-45-43-41-39-36-27-25-23-21-19-17-14-11-8-5-2/h17,19,23,25-26,28,36,39,61H,4-16,18,20-22,24,27,29-35,37-38,40-60H2,1-3H3/b19-17-,25-23-,28-26-,39-36-. The summed E-state index contributed by atoms with van der Waals surface area (Å²) in [5.41, 5.74) is 0. The van der Waals surface area contributed by atoms with Gasteiger partial charge in [0.25, 0.3) is 0 Å². The van der Waals surface area contributed by atoms with Crippen LogP contribution in [0.5, 0.6) is 0 Å². The van der Waals surface area contributed by atoms with Crippen LogP contribution in [0.4, 0.5) is 0 Å². The number of carbonyl (C=O) groups excluding carboxylic acids is 3. The van der Waals surface area contributed by atoms with Gasteiger partial charge in [0.1, 0.15) is 13.2 Å². The lowest BCUT2D eigenvalue weighted by molar-refractivity contribution is -0.167. The minimum atomic E-state index is -0.776. The summed E-state index contributed by atoms with van der Waals surface area (Å²) in [5, 5.41) is 0. The van der Waals surface area contributed by atoms with Crippen molar-refractivity contribution in [3.8, 4) is 0 Å². The van der Waals surface area contributed by atoms with Crippen molar-refractivity contribution in [2.24, 2.45) is 0 Å². The van der Waals surface area contributed by atoms with Crippen molar-refractivity contribution < 1.29 is 28.6 Å². The quantitative estimate of drug-likeness (QED) is 0.0261. The van der Waals surface area contributed by atoms with Gasteiger partial charge in [-0.05, 0) is 83.5 Å². The summed E-state index contributed by atoms with van der Waals surface area (Å²) in [6, 6.07) is 0. The fraction of sp³-hybridized carbons (Fsp3) is 0.828. The molecule has 6 heteroatoms. The summed E-state index contributed by atoms with van der Waals surface area (Å²) in [7, 11) is 0. The largest absolute Gasteiger partial charge is 0.462 e. The molecule has 0 amide bonds. The Hall–Kier alpha value is -2.63. The Kier molecular flexibility index (Phi) is 56.7.